The van der Waals surface area contributed by atoms with Crippen molar-refractivity contribution in [1.82, 2.24) is 5.43 Å². The van der Waals surface area contributed by atoms with Gasteiger partial charge in [-0.2, -0.15) is 5.10 Å². The van der Waals surface area contributed by atoms with Gasteiger partial charge in [0.2, 0.25) is 0 Å². The largest absolute Gasteiger partial charge is 0.508 e. The second-order valence-corrected chi connectivity index (χ2v) is 5.97. The van der Waals surface area contributed by atoms with Crippen molar-refractivity contribution >= 4 is 39.1 Å². The number of carbonyl (C=O) groups is 1. The Morgan fingerprint density at radius 3 is 2.65 bits per heavy atom. The number of phenols is 1. The molecule has 0 atom stereocenters. The zero-order chi connectivity index (χ0) is 16.8. The van der Waals surface area contributed by atoms with E-state index in [1.165, 1.54) is 0 Å². The average Bonchev–Trinajstić information content (AvgIpc) is 2.52. The van der Waals surface area contributed by atoms with E-state index >= 15 is 0 Å². The Bertz CT molecular complexity index is 733. The van der Waals surface area contributed by atoms with Gasteiger partial charge in [-0.1, -0.05) is 27.5 Å². The highest BCUT2D eigenvalue weighted by Crippen LogP contribution is 2.27. The molecule has 0 spiro atoms. The number of phenolic OH excluding ortho intramolecular Hbond substituents is 1. The standard InChI is InChI=1S/C16H14BrClN2O3/c1-10(11-2-5-13(21)6-3-11)19-20-16(22)9-23-15-7-4-12(17)8-14(15)18/h2-8,21H,9H2,1H3,(H,20,22). The quantitative estimate of drug-likeness (QED) is 0.596. The summed E-state index contributed by atoms with van der Waals surface area (Å²) in [7, 11) is 0. The zero-order valence-electron chi connectivity index (χ0n) is 12.2. The van der Waals surface area contributed by atoms with Crippen LogP contribution in [0.3, 0.4) is 0 Å². The van der Waals surface area contributed by atoms with Crippen LogP contribution in [0.15, 0.2) is 52.0 Å². The highest BCUT2D eigenvalue weighted by atomic mass is 79.9. The number of rotatable bonds is 5. The first-order chi connectivity index (χ1) is 11.0. The fraction of sp³-hybridized carbons (Fsp3) is 0.125. The molecule has 0 aromatic heterocycles. The van der Waals surface area contributed by atoms with Crippen LogP contribution < -0.4 is 10.2 Å². The van der Waals surface area contributed by atoms with Crippen molar-refractivity contribution in [3.63, 3.8) is 0 Å². The number of amides is 1. The first-order valence-corrected chi connectivity index (χ1v) is 7.83. The fourth-order valence-electron chi connectivity index (χ4n) is 1.68. The molecule has 0 fully saturated rings. The lowest BCUT2D eigenvalue weighted by molar-refractivity contribution is -0.123. The van der Waals surface area contributed by atoms with Crippen molar-refractivity contribution in [2.45, 2.75) is 6.92 Å². The van der Waals surface area contributed by atoms with Gasteiger partial charge in [0.25, 0.3) is 5.91 Å². The number of hydrogen-bond acceptors (Lipinski definition) is 4. The van der Waals surface area contributed by atoms with E-state index in [2.05, 4.69) is 26.5 Å². The minimum Gasteiger partial charge on any atom is -0.508 e. The van der Waals surface area contributed by atoms with E-state index in [0.717, 1.165) is 10.0 Å². The first kappa shape index (κ1) is 17.3. The van der Waals surface area contributed by atoms with Gasteiger partial charge < -0.3 is 9.84 Å². The molecule has 0 heterocycles. The van der Waals surface area contributed by atoms with E-state index in [9.17, 15) is 9.90 Å². The number of benzene rings is 2. The topological polar surface area (TPSA) is 70.9 Å². The van der Waals surface area contributed by atoms with Gasteiger partial charge in [0.1, 0.15) is 11.5 Å². The summed E-state index contributed by atoms with van der Waals surface area (Å²) in [5.41, 5.74) is 3.81. The molecule has 23 heavy (non-hydrogen) atoms. The fourth-order valence-corrected chi connectivity index (χ4v) is 2.41. The molecule has 5 nitrogen and oxygen atoms in total. The third kappa shape index (κ3) is 5.26. The molecular weight excluding hydrogens is 384 g/mol. The molecule has 0 radical (unpaired) electrons. The van der Waals surface area contributed by atoms with Crippen LogP contribution in [-0.2, 0) is 4.79 Å². The van der Waals surface area contributed by atoms with Crippen LogP contribution in [0.1, 0.15) is 12.5 Å². The summed E-state index contributed by atoms with van der Waals surface area (Å²) in [5.74, 6) is 0.191. The molecule has 0 aliphatic rings. The van der Waals surface area contributed by atoms with Crippen LogP contribution in [0.5, 0.6) is 11.5 Å². The van der Waals surface area contributed by atoms with Crippen LogP contribution >= 0.6 is 27.5 Å². The average molecular weight is 398 g/mol. The second-order valence-electron chi connectivity index (χ2n) is 4.64. The number of hydrogen-bond donors (Lipinski definition) is 2. The molecule has 7 heteroatoms. The van der Waals surface area contributed by atoms with E-state index in [-0.39, 0.29) is 12.4 Å². The van der Waals surface area contributed by atoms with Crippen LogP contribution in [0.2, 0.25) is 5.02 Å². The Hall–Kier alpha value is -2.05. The maximum absolute atomic E-state index is 11.7. The van der Waals surface area contributed by atoms with E-state index in [4.69, 9.17) is 16.3 Å². The van der Waals surface area contributed by atoms with Gasteiger partial charge in [0.05, 0.1) is 10.7 Å². The summed E-state index contributed by atoms with van der Waals surface area (Å²) in [6, 6.07) is 11.6. The van der Waals surface area contributed by atoms with E-state index in [0.29, 0.717) is 16.5 Å². The summed E-state index contributed by atoms with van der Waals surface area (Å²) in [5, 5.41) is 13.6. The molecule has 0 aliphatic carbocycles. The van der Waals surface area contributed by atoms with E-state index < -0.39 is 5.91 Å². The van der Waals surface area contributed by atoms with Gasteiger partial charge in [-0.05, 0) is 55.0 Å². The maximum Gasteiger partial charge on any atom is 0.277 e. The smallest absolute Gasteiger partial charge is 0.277 e. The van der Waals surface area contributed by atoms with Crippen molar-refractivity contribution in [3.8, 4) is 11.5 Å². The van der Waals surface area contributed by atoms with Gasteiger partial charge in [0.15, 0.2) is 6.61 Å². The number of nitrogens with one attached hydrogen (secondary N) is 1. The molecule has 0 bridgehead atoms. The second kappa shape index (κ2) is 7.99. The van der Waals surface area contributed by atoms with Crippen molar-refractivity contribution in [1.29, 1.82) is 0 Å². The SMILES string of the molecule is CC(=NNC(=O)COc1ccc(Br)cc1Cl)c1ccc(O)cc1. The third-order valence-corrected chi connectivity index (χ3v) is 3.67. The van der Waals surface area contributed by atoms with Crippen molar-refractivity contribution in [2.75, 3.05) is 6.61 Å². The molecule has 2 rings (SSSR count). The first-order valence-electron chi connectivity index (χ1n) is 6.66. The molecule has 0 unspecified atom stereocenters. The van der Waals surface area contributed by atoms with Crippen molar-refractivity contribution in [2.24, 2.45) is 5.10 Å². The summed E-state index contributed by atoms with van der Waals surface area (Å²) >= 11 is 9.29. The molecule has 2 aromatic rings. The Kier molecular flexibility index (Phi) is 6.01. The molecular formula is C16H14BrClN2O3. The molecule has 1 amide bonds. The molecule has 120 valence electrons. The van der Waals surface area contributed by atoms with Crippen LogP contribution in [0.4, 0.5) is 0 Å². The highest BCUT2D eigenvalue weighted by molar-refractivity contribution is 9.10. The number of carbonyl (C=O) groups excluding carboxylic acids is 1. The van der Waals surface area contributed by atoms with Crippen molar-refractivity contribution in [3.05, 3.63) is 57.5 Å². The molecule has 0 aliphatic heterocycles. The number of hydrazone groups is 1. The number of halogens is 2. The van der Waals surface area contributed by atoms with E-state index in [1.54, 1.807) is 49.4 Å². The Morgan fingerprint density at radius 1 is 1.30 bits per heavy atom. The predicted octanol–water partition coefficient (Wildman–Crippen LogP) is 3.73. The van der Waals surface area contributed by atoms with Gasteiger partial charge in [-0.3, -0.25) is 4.79 Å². The third-order valence-electron chi connectivity index (χ3n) is 2.89. The predicted molar refractivity (Wildman–Crippen MR) is 93.1 cm³/mol. The van der Waals surface area contributed by atoms with Gasteiger partial charge in [-0.15, -0.1) is 0 Å². The summed E-state index contributed by atoms with van der Waals surface area (Å²) in [4.78, 5) is 11.7. The van der Waals surface area contributed by atoms with Crippen molar-refractivity contribution < 1.29 is 14.6 Å². The molecule has 2 N–H and O–H groups in total. The number of ether oxygens (including phenoxy) is 1. The number of aromatic hydroxyl groups is 1. The lowest BCUT2D eigenvalue weighted by Crippen LogP contribution is -2.25. The lowest BCUT2D eigenvalue weighted by Gasteiger charge is -2.07. The summed E-state index contributed by atoms with van der Waals surface area (Å²) < 4.78 is 6.17. The molecule has 0 saturated heterocycles. The van der Waals surface area contributed by atoms with Crippen LogP contribution in [-0.4, -0.2) is 23.3 Å². The maximum atomic E-state index is 11.7. The highest BCUT2D eigenvalue weighted by Gasteiger charge is 2.06. The normalized spacial score (nSPS) is 11.2. The summed E-state index contributed by atoms with van der Waals surface area (Å²) in [6.07, 6.45) is 0. The Morgan fingerprint density at radius 2 is 2.00 bits per heavy atom. The molecule has 2 aromatic carbocycles. The molecule has 0 saturated carbocycles. The number of nitrogens with zero attached hydrogens (tertiary/aromatic N) is 1. The van der Waals surface area contributed by atoms with Crippen LogP contribution in [0, 0.1) is 0 Å². The monoisotopic (exact) mass is 396 g/mol. The zero-order valence-corrected chi connectivity index (χ0v) is 14.6. The lowest BCUT2D eigenvalue weighted by atomic mass is 10.1. The minimum absolute atomic E-state index is 0.172. The van der Waals surface area contributed by atoms with Gasteiger partial charge in [-0.25, -0.2) is 5.43 Å². The van der Waals surface area contributed by atoms with E-state index in [1.807, 2.05) is 0 Å². The van der Waals surface area contributed by atoms with Gasteiger partial charge in [0, 0.05) is 4.47 Å². The summed E-state index contributed by atoms with van der Waals surface area (Å²) in [6.45, 7) is 1.55. The van der Waals surface area contributed by atoms with Crippen LogP contribution in [0.25, 0.3) is 0 Å². The van der Waals surface area contributed by atoms with Gasteiger partial charge >= 0.3 is 0 Å². The minimum atomic E-state index is -0.401. The Balaban J connectivity index is 1.89. The Labute approximate surface area is 147 Å².